The number of hydrogen-bond donors (Lipinski definition) is 2. The van der Waals surface area contributed by atoms with Crippen LogP contribution in [0.25, 0.3) is 10.2 Å². The predicted molar refractivity (Wildman–Crippen MR) is 119 cm³/mol. The Morgan fingerprint density at radius 2 is 2.00 bits per heavy atom. The van der Waals surface area contributed by atoms with E-state index in [4.69, 9.17) is 10.5 Å². The van der Waals surface area contributed by atoms with E-state index in [2.05, 4.69) is 10.3 Å². The zero-order valence-corrected chi connectivity index (χ0v) is 18.2. The van der Waals surface area contributed by atoms with Gasteiger partial charge in [0.15, 0.2) is 10.7 Å². The number of nitrogens with two attached hydrogens (primary N) is 1. The Balaban J connectivity index is 1.34. The Morgan fingerprint density at radius 1 is 1.25 bits per heavy atom. The number of amides is 3. The number of ether oxygens (including phenoxy) is 1. The van der Waals surface area contributed by atoms with E-state index in [1.54, 1.807) is 0 Å². The molecule has 1 saturated heterocycles. The van der Waals surface area contributed by atoms with Gasteiger partial charge in [0.25, 0.3) is 5.91 Å². The van der Waals surface area contributed by atoms with Crippen molar-refractivity contribution in [1.29, 1.82) is 0 Å². The van der Waals surface area contributed by atoms with E-state index in [0.29, 0.717) is 17.2 Å². The van der Waals surface area contributed by atoms with Crippen LogP contribution in [0.2, 0.25) is 0 Å². The highest BCUT2D eigenvalue weighted by Crippen LogP contribution is 2.49. The SMILES string of the molecule is C[C@@]12C[C@@H](c3ccccc3O1)[C@H](C(N)=O)C(=O)N2CCNC(=O)c1nc2ccccc2s1. The molecule has 0 spiro atoms. The lowest BCUT2D eigenvalue weighted by Gasteiger charge is -2.52. The molecule has 164 valence electrons. The van der Waals surface area contributed by atoms with Crippen LogP contribution in [0.15, 0.2) is 48.5 Å². The number of fused-ring (bicyclic) bond motifs is 5. The Morgan fingerprint density at radius 3 is 2.78 bits per heavy atom. The molecule has 1 fully saturated rings. The molecular formula is C23H22N4O4S. The Kier molecular flexibility index (Phi) is 4.85. The smallest absolute Gasteiger partial charge is 0.280 e. The lowest BCUT2D eigenvalue weighted by Crippen LogP contribution is -2.65. The lowest BCUT2D eigenvalue weighted by atomic mass is 9.73. The number of rotatable bonds is 5. The molecule has 0 aliphatic carbocycles. The number of primary amides is 1. The minimum atomic E-state index is -0.965. The molecule has 0 saturated carbocycles. The average Bonchev–Trinajstić information content (AvgIpc) is 3.20. The fourth-order valence-electron chi connectivity index (χ4n) is 4.71. The van der Waals surface area contributed by atoms with Gasteiger partial charge in [0.1, 0.15) is 11.7 Å². The highest BCUT2D eigenvalue weighted by atomic mass is 32.1. The van der Waals surface area contributed by atoms with Gasteiger partial charge in [-0.3, -0.25) is 14.4 Å². The number of carbonyl (C=O) groups is 3. The van der Waals surface area contributed by atoms with Crippen molar-refractivity contribution >= 4 is 39.3 Å². The van der Waals surface area contributed by atoms with Crippen LogP contribution in [-0.2, 0) is 9.59 Å². The van der Waals surface area contributed by atoms with E-state index in [0.717, 1.165) is 15.8 Å². The third kappa shape index (κ3) is 3.29. The van der Waals surface area contributed by atoms with Gasteiger partial charge in [-0.1, -0.05) is 30.3 Å². The fourth-order valence-corrected chi connectivity index (χ4v) is 5.59. The van der Waals surface area contributed by atoms with Gasteiger partial charge in [0, 0.05) is 25.4 Å². The third-order valence-electron chi connectivity index (χ3n) is 6.17. The van der Waals surface area contributed by atoms with Crippen LogP contribution in [0.4, 0.5) is 0 Å². The second kappa shape index (κ2) is 7.59. The van der Waals surface area contributed by atoms with Crippen LogP contribution < -0.4 is 15.8 Å². The van der Waals surface area contributed by atoms with Gasteiger partial charge in [-0.25, -0.2) is 4.98 Å². The van der Waals surface area contributed by atoms with Crippen molar-refractivity contribution in [2.45, 2.75) is 25.0 Å². The maximum Gasteiger partial charge on any atom is 0.280 e. The maximum atomic E-state index is 13.3. The predicted octanol–water partition coefficient (Wildman–Crippen LogP) is 2.25. The van der Waals surface area contributed by atoms with Gasteiger partial charge in [0.2, 0.25) is 11.8 Å². The summed E-state index contributed by atoms with van der Waals surface area (Å²) in [5, 5.41) is 3.19. The second-order valence-corrected chi connectivity index (χ2v) is 9.27. The monoisotopic (exact) mass is 450 g/mol. The zero-order chi connectivity index (χ0) is 22.5. The molecule has 3 aromatic rings. The Hall–Kier alpha value is -3.46. The molecule has 3 atom stereocenters. The highest BCUT2D eigenvalue weighted by Gasteiger charge is 2.55. The molecule has 1 aromatic heterocycles. The number of carbonyl (C=O) groups excluding carboxylic acids is 3. The number of piperidine rings is 1. The first-order chi connectivity index (χ1) is 15.4. The van der Waals surface area contributed by atoms with E-state index in [1.165, 1.54) is 16.2 Å². The first-order valence-corrected chi connectivity index (χ1v) is 11.2. The second-order valence-electron chi connectivity index (χ2n) is 8.24. The first-order valence-electron chi connectivity index (χ1n) is 10.4. The summed E-state index contributed by atoms with van der Waals surface area (Å²) in [7, 11) is 0. The van der Waals surface area contributed by atoms with Crippen LogP contribution in [-0.4, -0.2) is 46.4 Å². The number of aromatic nitrogens is 1. The van der Waals surface area contributed by atoms with Gasteiger partial charge in [-0.05, 0) is 30.7 Å². The molecule has 2 aromatic carbocycles. The van der Waals surface area contributed by atoms with Gasteiger partial charge in [-0.2, -0.15) is 0 Å². The molecule has 32 heavy (non-hydrogen) atoms. The van der Waals surface area contributed by atoms with Crippen molar-refractivity contribution in [3.05, 3.63) is 59.1 Å². The number of benzene rings is 2. The quantitative estimate of drug-likeness (QED) is 0.579. The number of hydrogen-bond acceptors (Lipinski definition) is 6. The molecule has 0 radical (unpaired) electrons. The summed E-state index contributed by atoms with van der Waals surface area (Å²) < 4.78 is 7.14. The molecular weight excluding hydrogens is 428 g/mol. The van der Waals surface area contributed by atoms with Crippen LogP contribution >= 0.6 is 11.3 Å². The van der Waals surface area contributed by atoms with E-state index in [9.17, 15) is 14.4 Å². The van der Waals surface area contributed by atoms with Crippen molar-refractivity contribution < 1.29 is 19.1 Å². The fraction of sp³-hybridized carbons (Fsp3) is 0.304. The van der Waals surface area contributed by atoms with E-state index in [-0.39, 0.29) is 30.8 Å². The summed E-state index contributed by atoms with van der Waals surface area (Å²) >= 11 is 1.31. The third-order valence-corrected chi connectivity index (χ3v) is 7.20. The molecule has 2 aliphatic rings. The first kappa shape index (κ1) is 20.4. The van der Waals surface area contributed by atoms with Gasteiger partial charge in [0.05, 0.1) is 10.2 Å². The molecule has 5 rings (SSSR count). The van der Waals surface area contributed by atoms with Crippen LogP contribution in [0.3, 0.4) is 0 Å². The van der Waals surface area contributed by atoms with E-state index >= 15 is 0 Å². The summed E-state index contributed by atoms with van der Waals surface area (Å²) in [6, 6.07) is 15.0. The van der Waals surface area contributed by atoms with Gasteiger partial charge in [-0.15, -0.1) is 11.3 Å². The van der Waals surface area contributed by atoms with Gasteiger partial charge >= 0.3 is 0 Å². The lowest BCUT2D eigenvalue weighted by molar-refractivity contribution is -0.175. The maximum absolute atomic E-state index is 13.3. The van der Waals surface area contributed by atoms with Crippen molar-refractivity contribution in [2.75, 3.05) is 13.1 Å². The Bertz CT molecular complexity index is 1210. The van der Waals surface area contributed by atoms with E-state index < -0.39 is 17.6 Å². The average molecular weight is 451 g/mol. The van der Waals surface area contributed by atoms with Crippen molar-refractivity contribution in [3.63, 3.8) is 0 Å². The van der Waals surface area contributed by atoms with Crippen LogP contribution in [0.1, 0.15) is 34.6 Å². The highest BCUT2D eigenvalue weighted by molar-refractivity contribution is 7.20. The molecule has 3 amide bonds. The summed E-state index contributed by atoms with van der Waals surface area (Å²) in [5.74, 6) is -1.98. The molecule has 9 heteroatoms. The molecule has 2 aliphatic heterocycles. The standard InChI is InChI=1S/C23H22N4O4S/c1-23-12-14(13-6-2-4-8-16(13)31-23)18(19(24)28)22(30)27(23)11-10-25-20(29)21-26-15-7-3-5-9-17(15)32-21/h2-9,14,18H,10-12H2,1H3,(H2,24,28)(H,25,29)/t14-,18+,23-/m0/s1. The van der Waals surface area contributed by atoms with Crippen LogP contribution in [0, 0.1) is 5.92 Å². The molecule has 8 nitrogen and oxygen atoms in total. The summed E-state index contributed by atoms with van der Waals surface area (Å²) in [4.78, 5) is 44.0. The van der Waals surface area contributed by atoms with Crippen molar-refractivity contribution in [1.82, 2.24) is 15.2 Å². The molecule has 0 unspecified atom stereocenters. The van der Waals surface area contributed by atoms with Crippen molar-refractivity contribution in [2.24, 2.45) is 11.7 Å². The summed E-state index contributed by atoms with van der Waals surface area (Å²) in [6.45, 7) is 2.21. The normalized spacial score (nSPS) is 24.0. The van der Waals surface area contributed by atoms with Crippen molar-refractivity contribution in [3.8, 4) is 5.75 Å². The Labute approximate surface area is 188 Å². The summed E-state index contributed by atoms with van der Waals surface area (Å²) in [6.07, 6.45) is 0.454. The molecule has 3 heterocycles. The minimum Gasteiger partial charge on any atom is -0.468 e. The molecule has 3 N–H and O–H groups in total. The number of nitrogens with one attached hydrogen (secondary N) is 1. The number of likely N-dealkylation sites (tertiary alicyclic amines) is 1. The number of thiazole rings is 1. The topological polar surface area (TPSA) is 115 Å². The van der Waals surface area contributed by atoms with Gasteiger partial charge < -0.3 is 20.7 Å². The van der Waals surface area contributed by atoms with Crippen LogP contribution in [0.5, 0.6) is 5.75 Å². The summed E-state index contributed by atoms with van der Waals surface area (Å²) in [5.41, 5.74) is 6.31. The number of para-hydroxylation sites is 2. The zero-order valence-electron chi connectivity index (χ0n) is 17.4. The largest absolute Gasteiger partial charge is 0.468 e. The number of nitrogens with zero attached hydrogens (tertiary/aromatic N) is 2. The minimum absolute atomic E-state index is 0.185. The van der Waals surface area contributed by atoms with E-state index in [1.807, 2.05) is 55.5 Å². The molecule has 2 bridgehead atoms.